The van der Waals surface area contributed by atoms with E-state index >= 15 is 0 Å². The first-order chi connectivity index (χ1) is 14.9. The van der Waals surface area contributed by atoms with Gasteiger partial charge in [-0.25, -0.2) is 4.98 Å². The zero-order valence-corrected chi connectivity index (χ0v) is 19.3. The molecule has 1 amide bonds. The van der Waals surface area contributed by atoms with Crippen LogP contribution in [0.15, 0.2) is 82.1 Å². The molecule has 0 bridgehead atoms. The number of hydrogen-bond acceptors (Lipinski definition) is 3. The Morgan fingerprint density at radius 2 is 1.77 bits per heavy atom. The Bertz CT molecular complexity index is 1350. The number of carbonyl (C=O) groups excluding carboxylic acids is 1. The molecule has 0 saturated heterocycles. The van der Waals surface area contributed by atoms with Gasteiger partial charge in [0.15, 0.2) is 0 Å². The Hall–Kier alpha value is -2.96. The molecule has 5 nitrogen and oxygen atoms in total. The molecular weight excluding hydrogens is 478 g/mol. The van der Waals surface area contributed by atoms with Crippen LogP contribution in [0.1, 0.15) is 29.1 Å². The normalized spacial score (nSPS) is 12.0. The summed E-state index contributed by atoms with van der Waals surface area (Å²) in [6, 6.07) is 21.0. The number of halogens is 2. The lowest BCUT2D eigenvalue weighted by molar-refractivity contribution is 0.0735. The minimum atomic E-state index is -0.500. The van der Waals surface area contributed by atoms with Gasteiger partial charge in [0, 0.05) is 17.1 Å². The van der Waals surface area contributed by atoms with Crippen LogP contribution in [0, 0.1) is 0 Å². The van der Waals surface area contributed by atoms with Gasteiger partial charge < -0.3 is 4.90 Å². The highest BCUT2D eigenvalue weighted by molar-refractivity contribution is 9.10. The quantitative estimate of drug-likeness (QED) is 0.368. The predicted molar refractivity (Wildman–Crippen MR) is 127 cm³/mol. The first-order valence-corrected chi connectivity index (χ1v) is 10.8. The van der Waals surface area contributed by atoms with Crippen LogP contribution in [-0.4, -0.2) is 27.4 Å². The number of fused-ring (bicyclic) bond motifs is 1. The van der Waals surface area contributed by atoms with E-state index in [-0.39, 0.29) is 11.5 Å². The summed E-state index contributed by atoms with van der Waals surface area (Å²) in [5, 5.41) is 0.912. The topological polar surface area (TPSA) is 55.2 Å². The highest BCUT2D eigenvalue weighted by Crippen LogP contribution is 2.26. The van der Waals surface area contributed by atoms with Crippen LogP contribution in [0.3, 0.4) is 0 Å². The molecule has 0 radical (unpaired) electrons. The molecule has 0 saturated carbocycles. The first kappa shape index (κ1) is 21.3. The molecule has 1 atom stereocenters. The fraction of sp³-hybridized carbons (Fsp3) is 0.125. The van der Waals surface area contributed by atoms with Gasteiger partial charge in [-0.15, -0.1) is 0 Å². The molecule has 3 aromatic carbocycles. The summed E-state index contributed by atoms with van der Waals surface area (Å²) >= 11 is 9.85. The molecular formula is C24H19BrClN3O2. The molecule has 0 fully saturated rings. The smallest absolute Gasteiger partial charge is 0.266 e. The van der Waals surface area contributed by atoms with Crippen LogP contribution in [0.5, 0.6) is 0 Å². The number of para-hydroxylation sites is 2. The van der Waals surface area contributed by atoms with E-state index in [0.29, 0.717) is 33.0 Å². The van der Waals surface area contributed by atoms with Gasteiger partial charge in [0.2, 0.25) is 0 Å². The lowest BCUT2D eigenvalue weighted by Gasteiger charge is -2.27. The minimum Gasteiger partial charge on any atom is -0.332 e. The Morgan fingerprint density at radius 1 is 1.06 bits per heavy atom. The first-order valence-electron chi connectivity index (χ1n) is 9.68. The van der Waals surface area contributed by atoms with Crippen molar-refractivity contribution < 1.29 is 4.79 Å². The van der Waals surface area contributed by atoms with Crippen molar-refractivity contribution in [2.75, 3.05) is 7.05 Å². The van der Waals surface area contributed by atoms with E-state index in [4.69, 9.17) is 16.6 Å². The van der Waals surface area contributed by atoms with Crippen LogP contribution < -0.4 is 5.56 Å². The van der Waals surface area contributed by atoms with Crippen molar-refractivity contribution in [2.24, 2.45) is 0 Å². The summed E-state index contributed by atoms with van der Waals surface area (Å²) in [5.74, 6) is 0.254. The summed E-state index contributed by atoms with van der Waals surface area (Å²) in [4.78, 5) is 33.0. The Morgan fingerprint density at radius 3 is 2.52 bits per heavy atom. The Balaban J connectivity index is 1.90. The maximum atomic E-state index is 13.5. The summed E-state index contributed by atoms with van der Waals surface area (Å²) in [5.41, 5.74) is 1.40. The van der Waals surface area contributed by atoms with Crippen molar-refractivity contribution in [1.29, 1.82) is 0 Å². The number of nitrogens with zero attached hydrogens (tertiary/aromatic N) is 3. The van der Waals surface area contributed by atoms with Crippen LogP contribution in [0.25, 0.3) is 16.6 Å². The molecule has 7 heteroatoms. The van der Waals surface area contributed by atoms with Crippen LogP contribution in [-0.2, 0) is 0 Å². The SMILES string of the molecule is CC(c1nc2ccccc2c(=O)n1-c1ccccc1Cl)N(C)C(=O)c1cccc(Br)c1. The van der Waals surface area contributed by atoms with E-state index in [1.165, 1.54) is 4.57 Å². The van der Waals surface area contributed by atoms with Crippen molar-refractivity contribution in [3.63, 3.8) is 0 Å². The Kier molecular flexibility index (Phi) is 5.94. The van der Waals surface area contributed by atoms with Gasteiger partial charge in [-0.3, -0.25) is 14.2 Å². The molecule has 1 aromatic heterocycles. The molecule has 0 spiro atoms. The van der Waals surface area contributed by atoms with E-state index in [1.54, 1.807) is 60.5 Å². The van der Waals surface area contributed by atoms with Gasteiger partial charge >= 0.3 is 0 Å². The third kappa shape index (κ3) is 4.01. The molecule has 156 valence electrons. The van der Waals surface area contributed by atoms with Crippen molar-refractivity contribution in [3.05, 3.63) is 104 Å². The van der Waals surface area contributed by atoms with Crippen molar-refractivity contribution >= 4 is 44.3 Å². The second-order valence-corrected chi connectivity index (χ2v) is 8.50. The number of hydrogen-bond donors (Lipinski definition) is 0. The predicted octanol–water partition coefficient (Wildman–Crippen LogP) is 5.63. The third-order valence-electron chi connectivity index (χ3n) is 5.24. The Labute approximate surface area is 193 Å². The lowest BCUT2D eigenvalue weighted by Crippen LogP contribution is -2.35. The highest BCUT2D eigenvalue weighted by Gasteiger charge is 2.25. The molecule has 0 aliphatic rings. The van der Waals surface area contributed by atoms with Gasteiger partial charge in [0.1, 0.15) is 5.82 Å². The van der Waals surface area contributed by atoms with Gasteiger partial charge in [0.05, 0.1) is 27.7 Å². The van der Waals surface area contributed by atoms with Crippen LogP contribution in [0.2, 0.25) is 5.02 Å². The summed E-state index contributed by atoms with van der Waals surface area (Å²) in [7, 11) is 1.70. The van der Waals surface area contributed by atoms with Gasteiger partial charge in [-0.1, -0.05) is 57.9 Å². The molecule has 0 aliphatic carbocycles. The van der Waals surface area contributed by atoms with Crippen LogP contribution in [0.4, 0.5) is 0 Å². The fourth-order valence-corrected chi connectivity index (χ4v) is 4.09. The average molecular weight is 497 g/mol. The molecule has 4 aromatic rings. The molecule has 0 aliphatic heterocycles. The van der Waals surface area contributed by atoms with Gasteiger partial charge in [-0.2, -0.15) is 0 Å². The highest BCUT2D eigenvalue weighted by atomic mass is 79.9. The third-order valence-corrected chi connectivity index (χ3v) is 6.05. The van der Waals surface area contributed by atoms with Crippen molar-refractivity contribution in [2.45, 2.75) is 13.0 Å². The van der Waals surface area contributed by atoms with E-state index in [9.17, 15) is 9.59 Å². The summed E-state index contributed by atoms with van der Waals surface area (Å²) in [6.07, 6.45) is 0. The molecule has 1 heterocycles. The fourth-order valence-electron chi connectivity index (χ4n) is 3.47. The molecule has 4 rings (SSSR count). The van der Waals surface area contributed by atoms with E-state index in [1.807, 2.05) is 31.2 Å². The van der Waals surface area contributed by atoms with Crippen LogP contribution >= 0.6 is 27.5 Å². The van der Waals surface area contributed by atoms with Crippen molar-refractivity contribution in [1.82, 2.24) is 14.5 Å². The number of rotatable bonds is 4. The molecule has 0 N–H and O–H groups in total. The number of benzene rings is 3. The zero-order chi connectivity index (χ0) is 22.1. The van der Waals surface area contributed by atoms with Crippen molar-refractivity contribution in [3.8, 4) is 5.69 Å². The van der Waals surface area contributed by atoms with E-state index < -0.39 is 6.04 Å². The zero-order valence-electron chi connectivity index (χ0n) is 16.9. The maximum absolute atomic E-state index is 13.5. The monoisotopic (exact) mass is 495 g/mol. The molecule has 31 heavy (non-hydrogen) atoms. The van der Waals surface area contributed by atoms with E-state index in [2.05, 4.69) is 15.9 Å². The number of carbonyl (C=O) groups is 1. The minimum absolute atomic E-state index is 0.179. The van der Waals surface area contributed by atoms with E-state index in [0.717, 1.165) is 4.47 Å². The summed E-state index contributed by atoms with van der Waals surface area (Å²) < 4.78 is 2.32. The second kappa shape index (κ2) is 8.65. The number of aromatic nitrogens is 2. The average Bonchev–Trinajstić information content (AvgIpc) is 2.78. The molecule has 1 unspecified atom stereocenters. The second-order valence-electron chi connectivity index (χ2n) is 7.18. The lowest BCUT2D eigenvalue weighted by atomic mass is 10.1. The van der Waals surface area contributed by atoms with Gasteiger partial charge in [0.25, 0.3) is 11.5 Å². The standard InChI is InChI=1S/C24H19BrClN3O2/c1-15(28(2)23(30)16-8-7-9-17(25)14-16)22-27-20-12-5-3-10-18(20)24(31)29(22)21-13-6-4-11-19(21)26/h3-15H,1-2H3. The number of amides is 1. The largest absolute Gasteiger partial charge is 0.332 e. The summed E-state index contributed by atoms with van der Waals surface area (Å²) in [6.45, 7) is 1.85. The maximum Gasteiger partial charge on any atom is 0.266 e. The van der Waals surface area contributed by atoms with Gasteiger partial charge in [-0.05, 0) is 49.4 Å².